The van der Waals surface area contributed by atoms with Crippen molar-refractivity contribution < 1.29 is 13.9 Å². The smallest absolute Gasteiger partial charge is 0.191 e. The van der Waals surface area contributed by atoms with Crippen LogP contribution in [0.2, 0.25) is 0 Å². The Morgan fingerprint density at radius 1 is 1.26 bits per heavy atom. The maximum Gasteiger partial charge on any atom is 0.191 e. The molecule has 7 nitrogen and oxygen atoms in total. The fourth-order valence-electron chi connectivity index (χ4n) is 3.44. The first-order valence-electron chi connectivity index (χ1n) is 9.78. The Morgan fingerprint density at radius 2 is 2.07 bits per heavy atom. The molecule has 0 spiro atoms. The number of guanidine groups is 1. The van der Waals surface area contributed by atoms with Gasteiger partial charge in [-0.3, -0.25) is 9.89 Å². The van der Waals surface area contributed by atoms with Gasteiger partial charge in [0.05, 0.1) is 31.9 Å². The van der Waals surface area contributed by atoms with E-state index in [1.807, 2.05) is 13.0 Å². The monoisotopic (exact) mass is 492 g/mol. The van der Waals surface area contributed by atoms with E-state index in [1.54, 1.807) is 0 Å². The van der Waals surface area contributed by atoms with Crippen LogP contribution >= 0.6 is 24.0 Å². The molecule has 1 aromatic heterocycles. The predicted octanol–water partition coefficient (Wildman–Crippen LogP) is 2.31. The fourth-order valence-corrected chi connectivity index (χ4v) is 3.44. The molecule has 1 aromatic rings. The second kappa shape index (κ2) is 11.9. The van der Waals surface area contributed by atoms with Gasteiger partial charge in [0, 0.05) is 32.8 Å². The highest BCUT2D eigenvalue weighted by Crippen LogP contribution is 2.24. The average molecular weight is 492 g/mol. The number of hydrogen-bond acceptors (Lipinski definition) is 5. The van der Waals surface area contributed by atoms with Crippen molar-refractivity contribution in [2.45, 2.75) is 38.8 Å². The Kier molecular flexibility index (Phi) is 9.88. The zero-order valence-electron chi connectivity index (χ0n) is 16.4. The molecule has 2 unspecified atom stereocenters. The summed E-state index contributed by atoms with van der Waals surface area (Å²) in [6.45, 7) is 10.5. The SMILES string of the molecule is CCNC(=NCC(c1ccc(C)o1)N1CCOCC1)NCC1CCCO1.I. The summed E-state index contributed by atoms with van der Waals surface area (Å²) >= 11 is 0. The lowest BCUT2D eigenvalue weighted by atomic mass is 10.1. The molecule has 0 bridgehead atoms. The van der Waals surface area contributed by atoms with E-state index in [4.69, 9.17) is 18.9 Å². The minimum Gasteiger partial charge on any atom is -0.465 e. The molecule has 0 aromatic carbocycles. The van der Waals surface area contributed by atoms with Gasteiger partial charge in [-0.1, -0.05) is 0 Å². The van der Waals surface area contributed by atoms with Crippen LogP contribution in [0.3, 0.4) is 0 Å². The largest absolute Gasteiger partial charge is 0.465 e. The number of morpholine rings is 1. The highest BCUT2D eigenvalue weighted by molar-refractivity contribution is 14.0. The maximum atomic E-state index is 5.92. The molecule has 2 atom stereocenters. The number of aryl methyl sites for hydroxylation is 1. The van der Waals surface area contributed by atoms with Crippen molar-refractivity contribution in [2.24, 2.45) is 4.99 Å². The van der Waals surface area contributed by atoms with E-state index in [9.17, 15) is 0 Å². The first-order chi connectivity index (χ1) is 12.8. The van der Waals surface area contributed by atoms with Gasteiger partial charge in [-0.05, 0) is 38.8 Å². The van der Waals surface area contributed by atoms with Crippen molar-refractivity contribution in [3.8, 4) is 0 Å². The Labute approximate surface area is 179 Å². The Bertz CT molecular complexity index is 569. The third kappa shape index (κ3) is 6.92. The molecule has 0 radical (unpaired) electrons. The van der Waals surface area contributed by atoms with Crippen molar-refractivity contribution in [1.82, 2.24) is 15.5 Å². The summed E-state index contributed by atoms with van der Waals surface area (Å²) in [5, 5.41) is 6.75. The molecule has 3 rings (SSSR count). The molecule has 2 N–H and O–H groups in total. The van der Waals surface area contributed by atoms with Crippen molar-refractivity contribution in [2.75, 3.05) is 52.5 Å². The molecule has 2 aliphatic heterocycles. The van der Waals surface area contributed by atoms with Gasteiger partial charge in [-0.25, -0.2) is 0 Å². The van der Waals surface area contributed by atoms with Crippen molar-refractivity contribution in [3.05, 3.63) is 23.7 Å². The van der Waals surface area contributed by atoms with E-state index in [0.717, 1.165) is 76.3 Å². The summed E-state index contributed by atoms with van der Waals surface area (Å²) < 4.78 is 17.1. The van der Waals surface area contributed by atoms with Crippen LogP contribution in [0.5, 0.6) is 0 Å². The number of hydrogen-bond donors (Lipinski definition) is 2. The lowest BCUT2D eigenvalue weighted by molar-refractivity contribution is 0.0135. The summed E-state index contributed by atoms with van der Waals surface area (Å²) in [6, 6.07) is 4.22. The number of rotatable bonds is 7. The molecule has 2 aliphatic rings. The average Bonchev–Trinajstić information content (AvgIpc) is 3.32. The van der Waals surface area contributed by atoms with Gasteiger partial charge in [0.1, 0.15) is 11.5 Å². The van der Waals surface area contributed by atoms with E-state index in [2.05, 4.69) is 28.5 Å². The molecule has 2 saturated heterocycles. The summed E-state index contributed by atoms with van der Waals surface area (Å²) in [7, 11) is 0. The molecule has 0 aliphatic carbocycles. The van der Waals surface area contributed by atoms with E-state index < -0.39 is 0 Å². The molecule has 3 heterocycles. The lowest BCUT2D eigenvalue weighted by Crippen LogP contribution is -2.43. The minimum absolute atomic E-state index is 0. The Balaban J connectivity index is 0.00000261. The molecule has 154 valence electrons. The summed E-state index contributed by atoms with van der Waals surface area (Å²) in [5.41, 5.74) is 0. The fraction of sp³-hybridized carbons (Fsp3) is 0.737. The van der Waals surface area contributed by atoms with Crippen molar-refractivity contribution >= 4 is 29.9 Å². The van der Waals surface area contributed by atoms with Crippen LogP contribution in [-0.4, -0.2) is 69.5 Å². The number of furan rings is 1. The van der Waals surface area contributed by atoms with E-state index in [1.165, 1.54) is 0 Å². The van der Waals surface area contributed by atoms with Crippen LogP contribution in [-0.2, 0) is 9.47 Å². The number of halogens is 1. The molecular weight excluding hydrogens is 459 g/mol. The minimum atomic E-state index is 0. The summed E-state index contributed by atoms with van der Waals surface area (Å²) in [4.78, 5) is 7.23. The Hall–Kier alpha value is -0.840. The predicted molar refractivity (Wildman–Crippen MR) is 117 cm³/mol. The van der Waals surface area contributed by atoms with Gasteiger partial charge in [-0.2, -0.15) is 0 Å². The molecule has 2 fully saturated rings. The first kappa shape index (κ1) is 22.4. The zero-order valence-corrected chi connectivity index (χ0v) is 18.7. The standard InChI is InChI=1S/C19H32N4O3.HI/c1-3-20-19(21-13-16-5-4-10-25-16)22-14-17(18-7-6-15(2)26-18)23-8-11-24-12-9-23;/h6-7,16-17H,3-5,8-14H2,1-2H3,(H2,20,21,22);1H. The van der Waals surface area contributed by atoms with Gasteiger partial charge in [0.15, 0.2) is 5.96 Å². The van der Waals surface area contributed by atoms with Crippen LogP contribution in [0.4, 0.5) is 0 Å². The van der Waals surface area contributed by atoms with Crippen LogP contribution in [0.25, 0.3) is 0 Å². The van der Waals surface area contributed by atoms with Gasteiger partial charge in [0.25, 0.3) is 0 Å². The van der Waals surface area contributed by atoms with Crippen LogP contribution < -0.4 is 10.6 Å². The third-order valence-corrected chi connectivity index (χ3v) is 4.86. The first-order valence-corrected chi connectivity index (χ1v) is 9.78. The number of aliphatic imine (C=N–C) groups is 1. The molecule has 8 heteroatoms. The van der Waals surface area contributed by atoms with E-state index in [-0.39, 0.29) is 30.0 Å². The van der Waals surface area contributed by atoms with Crippen LogP contribution in [0.15, 0.2) is 21.5 Å². The Morgan fingerprint density at radius 3 is 2.70 bits per heavy atom. The van der Waals surface area contributed by atoms with Crippen molar-refractivity contribution in [1.29, 1.82) is 0 Å². The van der Waals surface area contributed by atoms with Gasteiger partial charge < -0.3 is 24.5 Å². The highest BCUT2D eigenvalue weighted by Gasteiger charge is 2.25. The highest BCUT2D eigenvalue weighted by atomic mass is 127. The number of ether oxygens (including phenoxy) is 2. The lowest BCUT2D eigenvalue weighted by Gasteiger charge is -2.32. The van der Waals surface area contributed by atoms with Crippen molar-refractivity contribution in [3.63, 3.8) is 0 Å². The zero-order chi connectivity index (χ0) is 18.2. The van der Waals surface area contributed by atoms with Gasteiger partial charge >= 0.3 is 0 Å². The maximum absolute atomic E-state index is 5.92. The van der Waals surface area contributed by atoms with Crippen LogP contribution in [0, 0.1) is 6.92 Å². The molecular formula is C19H33IN4O3. The second-order valence-electron chi connectivity index (χ2n) is 6.85. The van der Waals surface area contributed by atoms with E-state index in [0.29, 0.717) is 12.6 Å². The summed E-state index contributed by atoms with van der Waals surface area (Å²) in [5.74, 6) is 2.75. The second-order valence-corrected chi connectivity index (χ2v) is 6.85. The topological polar surface area (TPSA) is 71.3 Å². The third-order valence-electron chi connectivity index (χ3n) is 4.86. The van der Waals surface area contributed by atoms with Crippen LogP contribution in [0.1, 0.15) is 37.3 Å². The normalized spacial score (nSPS) is 22.3. The number of nitrogens with one attached hydrogen (secondary N) is 2. The molecule has 27 heavy (non-hydrogen) atoms. The van der Waals surface area contributed by atoms with Gasteiger partial charge in [-0.15, -0.1) is 24.0 Å². The number of nitrogens with zero attached hydrogens (tertiary/aromatic N) is 2. The molecule has 0 saturated carbocycles. The molecule has 0 amide bonds. The quantitative estimate of drug-likeness (QED) is 0.346. The van der Waals surface area contributed by atoms with E-state index >= 15 is 0 Å². The van der Waals surface area contributed by atoms with Gasteiger partial charge in [0.2, 0.25) is 0 Å². The summed E-state index contributed by atoms with van der Waals surface area (Å²) in [6.07, 6.45) is 2.56.